The van der Waals surface area contributed by atoms with Gasteiger partial charge in [0.1, 0.15) is 5.82 Å². The van der Waals surface area contributed by atoms with Crippen LogP contribution < -0.4 is 5.32 Å². The van der Waals surface area contributed by atoms with E-state index in [1.807, 2.05) is 12.3 Å². The lowest BCUT2D eigenvalue weighted by Gasteiger charge is -2.17. The summed E-state index contributed by atoms with van der Waals surface area (Å²) in [7, 11) is 0. The summed E-state index contributed by atoms with van der Waals surface area (Å²) in [5.74, 6) is 0.894. The Bertz CT molecular complexity index is 661. The highest BCUT2D eigenvalue weighted by Gasteiger charge is 2.30. The van der Waals surface area contributed by atoms with Gasteiger partial charge in [-0.15, -0.1) is 12.4 Å². The van der Waals surface area contributed by atoms with Gasteiger partial charge in [0.05, 0.1) is 12.1 Å². The van der Waals surface area contributed by atoms with Crippen LogP contribution in [0.4, 0.5) is 0 Å². The van der Waals surface area contributed by atoms with Crippen LogP contribution in [0.2, 0.25) is 0 Å². The van der Waals surface area contributed by atoms with Crippen LogP contribution >= 0.6 is 12.4 Å². The molecule has 1 fully saturated rings. The zero-order valence-corrected chi connectivity index (χ0v) is 12.5. The maximum Gasteiger partial charge on any atom is 0.130 e. The first kappa shape index (κ1) is 15.4. The van der Waals surface area contributed by atoms with Crippen molar-refractivity contribution in [1.82, 2.24) is 14.9 Å². The second-order valence-corrected chi connectivity index (χ2v) is 4.99. The zero-order chi connectivity index (χ0) is 13.9. The standard InChI is InChI=1S/C14H16N6.ClH/c1-10-3-2-4-11(9-10)20-8-7-17-14(20)13-12(18-19-15)5-6-16-13;/h2-4,7-9,12-13,16H,5-6H2,1H3;1H/t12-,13+;/m1./s1. The molecule has 0 amide bonds. The molecule has 6 nitrogen and oxygen atoms in total. The first-order chi connectivity index (χ1) is 9.79. The molecule has 0 unspecified atom stereocenters. The number of nitrogens with zero attached hydrogens (tertiary/aromatic N) is 5. The molecule has 0 saturated carbocycles. The van der Waals surface area contributed by atoms with Gasteiger partial charge in [-0.2, -0.15) is 0 Å². The third-order valence-electron chi connectivity index (χ3n) is 3.62. The third kappa shape index (κ3) is 3.03. The summed E-state index contributed by atoms with van der Waals surface area (Å²) in [6.45, 7) is 2.91. The minimum absolute atomic E-state index is 0. The Hall–Kier alpha value is -2.01. The normalized spacial score (nSPS) is 20.6. The van der Waals surface area contributed by atoms with Crippen molar-refractivity contribution in [3.63, 3.8) is 0 Å². The molecule has 21 heavy (non-hydrogen) atoms. The minimum atomic E-state index is -0.0778. The lowest BCUT2D eigenvalue weighted by Crippen LogP contribution is -2.23. The number of imidazole rings is 1. The SMILES string of the molecule is Cc1cccc(-n2ccnc2[C@H]2NCC[C@H]2N=[N+]=[N-])c1.Cl. The van der Waals surface area contributed by atoms with Crippen LogP contribution in [-0.2, 0) is 0 Å². The van der Waals surface area contributed by atoms with E-state index in [0.717, 1.165) is 24.5 Å². The Morgan fingerprint density at radius 1 is 1.48 bits per heavy atom. The summed E-state index contributed by atoms with van der Waals surface area (Å²) in [5, 5.41) is 7.25. The van der Waals surface area contributed by atoms with Crippen LogP contribution in [0.5, 0.6) is 0 Å². The number of halogens is 1. The van der Waals surface area contributed by atoms with Gasteiger partial charge >= 0.3 is 0 Å². The maximum absolute atomic E-state index is 8.67. The number of benzene rings is 1. The summed E-state index contributed by atoms with van der Waals surface area (Å²) in [4.78, 5) is 7.40. The van der Waals surface area contributed by atoms with E-state index in [-0.39, 0.29) is 24.5 Å². The average molecular weight is 305 g/mol. The van der Waals surface area contributed by atoms with E-state index in [1.165, 1.54) is 5.56 Å². The molecule has 1 saturated heterocycles. The van der Waals surface area contributed by atoms with E-state index in [0.29, 0.717) is 0 Å². The lowest BCUT2D eigenvalue weighted by atomic mass is 10.1. The van der Waals surface area contributed by atoms with Crippen LogP contribution in [0.3, 0.4) is 0 Å². The second kappa shape index (κ2) is 6.63. The fraction of sp³-hybridized carbons (Fsp3) is 0.357. The molecular formula is C14H17ClN6. The van der Waals surface area contributed by atoms with Crippen molar-refractivity contribution in [2.24, 2.45) is 5.11 Å². The smallest absolute Gasteiger partial charge is 0.130 e. The molecule has 2 heterocycles. The van der Waals surface area contributed by atoms with E-state index >= 15 is 0 Å². The Morgan fingerprint density at radius 3 is 3.10 bits per heavy atom. The highest BCUT2D eigenvalue weighted by atomic mass is 35.5. The van der Waals surface area contributed by atoms with Crippen molar-refractivity contribution >= 4 is 12.4 Å². The Morgan fingerprint density at radius 2 is 2.33 bits per heavy atom. The molecule has 3 rings (SSSR count). The molecule has 7 heteroatoms. The van der Waals surface area contributed by atoms with Crippen LogP contribution in [0.25, 0.3) is 16.1 Å². The second-order valence-electron chi connectivity index (χ2n) is 4.99. The molecule has 0 spiro atoms. The van der Waals surface area contributed by atoms with E-state index in [1.54, 1.807) is 6.20 Å². The van der Waals surface area contributed by atoms with Gasteiger partial charge in [0.15, 0.2) is 0 Å². The van der Waals surface area contributed by atoms with Gasteiger partial charge in [0, 0.05) is 23.0 Å². The van der Waals surface area contributed by atoms with Crippen LogP contribution in [0.1, 0.15) is 23.9 Å². The third-order valence-corrected chi connectivity index (χ3v) is 3.62. The van der Waals surface area contributed by atoms with Gasteiger partial charge in [-0.1, -0.05) is 17.2 Å². The minimum Gasteiger partial charge on any atom is -0.307 e. The number of hydrogen-bond acceptors (Lipinski definition) is 3. The number of azide groups is 1. The molecule has 1 aliphatic rings. The van der Waals surface area contributed by atoms with Crippen molar-refractivity contribution in [3.05, 3.63) is 58.5 Å². The van der Waals surface area contributed by atoms with E-state index < -0.39 is 0 Å². The molecule has 110 valence electrons. The van der Waals surface area contributed by atoms with Crippen molar-refractivity contribution < 1.29 is 0 Å². The number of aromatic nitrogens is 2. The average Bonchev–Trinajstić information content (AvgIpc) is 3.07. The molecule has 2 atom stereocenters. The Labute approximate surface area is 129 Å². The summed E-state index contributed by atoms with van der Waals surface area (Å²) < 4.78 is 2.05. The van der Waals surface area contributed by atoms with Crippen LogP contribution in [0.15, 0.2) is 41.8 Å². The van der Waals surface area contributed by atoms with Gasteiger partial charge < -0.3 is 9.88 Å². The van der Waals surface area contributed by atoms with Gasteiger partial charge in [-0.05, 0) is 43.1 Å². The summed E-state index contributed by atoms with van der Waals surface area (Å²) >= 11 is 0. The molecule has 2 aromatic rings. The summed E-state index contributed by atoms with van der Waals surface area (Å²) in [6.07, 6.45) is 4.57. The zero-order valence-electron chi connectivity index (χ0n) is 11.7. The first-order valence-corrected chi connectivity index (χ1v) is 6.67. The highest BCUT2D eigenvalue weighted by Crippen LogP contribution is 2.27. The number of aryl methyl sites for hydroxylation is 1. The van der Waals surface area contributed by atoms with Crippen molar-refractivity contribution in [1.29, 1.82) is 0 Å². The maximum atomic E-state index is 8.67. The predicted octanol–water partition coefficient (Wildman–Crippen LogP) is 3.32. The van der Waals surface area contributed by atoms with Crippen molar-refractivity contribution in [2.45, 2.75) is 25.4 Å². The van der Waals surface area contributed by atoms with Gasteiger partial charge in [0.2, 0.25) is 0 Å². The van der Waals surface area contributed by atoms with E-state index in [4.69, 9.17) is 5.53 Å². The number of hydrogen-bond donors (Lipinski definition) is 1. The summed E-state index contributed by atoms with van der Waals surface area (Å²) in [5.41, 5.74) is 10.9. The number of rotatable bonds is 3. The quantitative estimate of drug-likeness (QED) is 0.536. The predicted molar refractivity (Wildman–Crippen MR) is 83.8 cm³/mol. The molecule has 0 radical (unpaired) electrons. The van der Waals surface area contributed by atoms with Crippen LogP contribution in [0, 0.1) is 6.92 Å². The van der Waals surface area contributed by atoms with E-state index in [2.05, 4.69) is 50.0 Å². The van der Waals surface area contributed by atoms with Gasteiger partial charge in [0.25, 0.3) is 0 Å². The molecule has 1 N–H and O–H groups in total. The molecule has 0 aliphatic carbocycles. The van der Waals surface area contributed by atoms with Gasteiger partial charge in [-0.25, -0.2) is 4.98 Å². The summed E-state index contributed by atoms with van der Waals surface area (Å²) in [6, 6.07) is 8.16. The Balaban J connectivity index is 0.00000161. The number of nitrogens with one attached hydrogen (secondary N) is 1. The molecule has 1 aromatic carbocycles. The first-order valence-electron chi connectivity index (χ1n) is 6.67. The highest BCUT2D eigenvalue weighted by molar-refractivity contribution is 5.85. The van der Waals surface area contributed by atoms with E-state index in [9.17, 15) is 0 Å². The molecule has 0 bridgehead atoms. The van der Waals surface area contributed by atoms with Crippen LogP contribution in [-0.4, -0.2) is 22.1 Å². The van der Waals surface area contributed by atoms with Crippen molar-refractivity contribution in [2.75, 3.05) is 6.54 Å². The lowest BCUT2D eigenvalue weighted by molar-refractivity contribution is 0.531. The Kier molecular flexibility index (Phi) is 4.85. The largest absolute Gasteiger partial charge is 0.307 e. The fourth-order valence-electron chi connectivity index (χ4n) is 2.68. The van der Waals surface area contributed by atoms with Gasteiger partial charge in [-0.3, -0.25) is 0 Å². The molecule has 1 aromatic heterocycles. The molecule has 1 aliphatic heterocycles. The topological polar surface area (TPSA) is 78.6 Å². The fourth-order valence-corrected chi connectivity index (χ4v) is 2.68. The molecular weight excluding hydrogens is 288 g/mol. The monoisotopic (exact) mass is 304 g/mol. The van der Waals surface area contributed by atoms with Crippen molar-refractivity contribution in [3.8, 4) is 5.69 Å².